The lowest BCUT2D eigenvalue weighted by Crippen LogP contribution is -2.42. The third kappa shape index (κ3) is 6.23. The maximum absolute atomic E-state index is 12.8. The zero-order valence-corrected chi connectivity index (χ0v) is 21.3. The number of hydrogen-bond acceptors (Lipinski definition) is 5. The quantitative estimate of drug-likeness (QED) is 0.318. The third-order valence-electron chi connectivity index (χ3n) is 5.26. The van der Waals surface area contributed by atoms with Gasteiger partial charge in [-0.1, -0.05) is 6.42 Å². The summed E-state index contributed by atoms with van der Waals surface area (Å²) < 4.78 is 27.6. The van der Waals surface area contributed by atoms with Crippen LogP contribution in [0.5, 0.6) is 0 Å². The molecule has 1 saturated heterocycles. The van der Waals surface area contributed by atoms with Crippen molar-refractivity contribution in [1.29, 1.82) is 0 Å². The Bertz CT molecular complexity index is 748. The van der Waals surface area contributed by atoms with Gasteiger partial charge in [0, 0.05) is 36.3 Å². The van der Waals surface area contributed by atoms with Gasteiger partial charge in [0.1, 0.15) is 4.21 Å². The number of halogens is 1. The number of thioether (sulfide) groups is 1. The summed E-state index contributed by atoms with van der Waals surface area (Å²) in [7, 11) is -1.56. The minimum absolute atomic E-state index is 0. The summed E-state index contributed by atoms with van der Waals surface area (Å²) in [6, 6.07) is 4.11. The molecule has 0 spiro atoms. The zero-order valence-electron chi connectivity index (χ0n) is 16.5. The molecule has 10 heteroatoms. The molecule has 1 saturated carbocycles. The molecule has 2 atom stereocenters. The summed E-state index contributed by atoms with van der Waals surface area (Å²) in [5.74, 6) is 0.788. The lowest BCUT2D eigenvalue weighted by atomic mass is 10.2. The summed E-state index contributed by atoms with van der Waals surface area (Å²) in [6.45, 7) is 1.87. The van der Waals surface area contributed by atoms with Crippen molar-refractivity contribution in [2.24, 2.45) is 4.99 Å². The molecule has 2 fully saturated rings. The highest BCUT2D eigenvalue weighted by Gasteiger charge is 2.27. The summed E-state index contributed by atoms with van der Waals surface area (Å²) >= 11 is 3.29. The zero-order chi connectivity index (χ0) is 19.3. The maximum atomic E-state index is 12.8. The molecule has 0 bridgehead atoms. The average molecular weight is 559 g/mol. The summed E-state index contributed by atoms with van der Waals surface area (Å²) in [5.41, 5.74) is 0. The van der Waals surface area contributed by atoms with E-state index in [9.17, 15) is 8.42 Å². The van der Waals surface area contributed by atoms with E-state index in [0.29, 0.717) is 29.9 Å². The highest BCUT2D eigenvalue weighted by atomic mass is 127. The highest BCUT2D eigenvalue weighted by Crippen LogP contribution is 2.28. The molecule has 0 radical (unpaired) electrons. The predicted molar refractivity (Wildman–Crippen MR) is 131 cm³/mol. The van der Waals surface area contributed by atoms with Gasteiger partial charge >= 0.3 is 0 Å². The van der Waals surface area contributed by atoms with Crippen molar-refractivity contribution in [2.45, 2.75) is 60.6 Å². The molecule has 1 aliphatic carbocycles. The molecule has 6 nitrogen and oxygen atoms in total. The molecule has 0 amide bonds. The van der Waals surface area contributed by atoms with Crippen molar-refractivity contribution in [3.05, 3.63) is 17.0 Å². The largest absolute Gasteiger partial charge is 0.354 e. The molecule has 28 heavy (non-hydrogen) atoms. The minimum atomic E-state index is -3.34. The van der Waals surface area contributed by atoms with Crippen LogP contribution >= 0.6 is 47.1 Å². The first-order valence-corrected chi connectivity index (χ1v) is 13.2. The maximum Gasteiger partial charge on any atom is 0.252 e. The van der Waals surface area contributed by atoms with Gasteiger partial charge in [-0.15, -0.1) is 35.3 Å². The molecule has 1 aromatic rings. The van der Waals surface area contributed by atoms with E-state index in [2.05, 4.69) is 21.9 Å². The number of hydrogen-bond donors (Lipinski definition) is 2. The SMILES string of the molecule is CN=C(NCc1ccc(S(=O)(=O)N2CCCCC2)s1)NC1CCC(SC)C1.I. The Morgan fingerprint density at radius 1 is 1.29 bits per heavy atom. The average Bonchev–Trinajstić information content (AvgIpc) is 3.35. The first-order valence-electron chi connectivity index (χ1n) is 9.61. The van der Waals surface area contributed by atoms with Crippen LogP contribution in [-0.2, 0) is 16.6 Å². The van der Waals surface area contributed by atoms with Crippen LogP contribution < -0.4 is 10.6 Å². The predicted octanol–water partition coefficient (Wildman–Crippen LogP) is 3.49. The smallest absolute Gasteiger partial charge is 0.252 e. The third-order valence-corrected chi connectivity index (χ3v) is 9.80. The van der Waals surface area contributed by atoms with Crippen LogP contribution in [0.2, 0.25) is 0 Å². The number of guanidine groups is 1. The van der Waals surface area contributed by atoms with Crippen LogP contribution in [0.1, 0.15) is 43.4 Å². The minimum Gasteiger partial charge on any atom is -0.354 e. The second-order valence-corrected chi connectivity index (χ2v) is 11.6. The Morgan fingerprint density at radius 3 is 2.68 bits per heavy atom. The number of thiophene rings is 1. The number of piperidine rings is 1. The number of nitrogens with one attached hydrogen (secondary N) is 2. The van der Waals surface area contributed by atoms with E-state index in [-0.39, 0.29) is 24.0 Å². The van der Waals surface area contributed by atoms with Gasteiger partial charge in [0.25, 0.3) is 10.0 Å². The Hall–Kier alpha value is -0.0400. The van der Waals surface area contributed by atoms with Gasteiger partial charge in [-0.05, 0) is 50.5 Å². The van der Waals surface area contributed by atoms with E-state index in [4.69, 9.17) is 0 Å². The first-order chi connectivity index (χ1) is 13.0. The lowest BCUT2D eigenvalue weighted by molar-refractivity contribution is 0.347. The van der Waals surface area contributed by atoms with E-state index in [1.807, 2.05) is 17.8 Å². The second-order valence-electron chi connectivity index (χ2n) is 7.12. The Morgan fingerprint density at radius 2 is 2.04 bits per heavy atom. The fourth-order valence-corrected chi connectivity index (χ4v) is 7.43. The van der Waals surface area contributed by atoms with Gasteiger partial charge in [-0.3, -0.25) is 4.99 Å². The highest BCUT2D eigenvalue weighted by molar-refractivity contribution is 14.0. The molecule has 1 aromatic heterocycles. The summed E-state index contributed by atoms with van der Waals surface area (Å²) in [5, 5.41) is 7.55. The van der Waals surface area contributed by atoms with Gasteiger partial charge in [-0.2, -0.15) is 16.1 Å². The van der Waals surface area contributed by atoms with E-state index in [1.165, 1.54) is 30.6 Å². The topological polar surface area (TPSA) is 73.8 Å². The molecule has 1 aliphatic heterocycles. The van der Waals surface area contributed by atoms with Crippen molar-refractivity contribution >= 4 is 63.1 Å². The monoisotopic (exact) mass is 558 g/mol. The Kier molecular flexibility index (Phi) is 9.85. The van der Waals surface area contributed by atoms with Gasteiger partial charge in [0.05, 0.1) is 6.54 Å². The van der Waals surface area contributed by atoms with E-state index < -0.39 is 10.0 Å². The molecule has 160 valence electrons. The molecule has 0 aromatic carbocycles. The second kappa shape index (κ2) is 11.4. The van der Waals surface area contributed by atoms with Crippen molar-refractivity contribution in [3.63, 3.8) is 0 Å². The fourth-order valence-electron chi connectivity index (χ4n) is 3.67. The van der Waals surface area contributed by atoms with Gasteiger partial charge < -0.3 is 10.6 Å². The van der Waals surface area contributed by atoms with Crippen LogP contribution in [0.25, 0.3) is 0 Å². The van der Waals surface area contributed by atoms with Crippen LogP contribution in [0.15, 0.2) is 21.3 Å². The van der Waals surface area contributed by atoms with E-state index >= 15 is 0 Å². The summed E-state index contributed by atoms with van der Waals surface area (Å²) in [4.78, 5) is 5.31. The van der Waals surface area contributed by atoms with Crippen LogP contribution in [0.3, 0.4) is 0 Å². The van der Waals surface area contributed by atoms with E-state index in [1.54, 1.807) is 17.4 Å². The van der Waals surface area contributed by atoms with Gasteiger partial charge in [0.15, 0.2) is 5.96 Å². The molecule has 2 aliphatic rings. The van der Waals surface area contributed by atoms with Crippen molar-refractivity contribution in [3.8, 4) is 0 Å². The van der Waals surface area contributed by atoms with Gasteiger partial charge in [0.2, 0.25) is 0 Å². The van der Waals surface area contributed by atoms with Crippen molar-refractivity contribution in [1.82, 2.24) is 14.9 Å². The molecular weight excluding hydrogens is 527 g/mol. The molecule has 3 rings (SSSR count). The van der Waals surface area contributed by atoms with Crippen molar-refractivity contribution < 1.29 is 8.42 Å². The summed E-state index contributed by atoms with van der Waals surface area (Å²) in [6.07, 6.45) is 8.79. The molecule has 2 unspecified atom stereocenters. The van der Waals surface area contributed by atoms with Crippen LogP contribution in [-0.4, -0.2) is 56.4 Å². The van der Waals surface area contributed by atoms with Crippen molar-refractivity contribution in [2.75, 3.05) is 26.4 Å². The standard InChI is InChI=1S/C18H30N4O2S3.HI/c1-19-18(21-14-6-7-15(12-14)25-2)20-13-16-8-9-17(26-16)27(23,24)22-10-4-3-5-11-22;/h8-9,14-15H,3-7,10-13H2,1-2H3,(H2,19,20,21);1H. The van der Waals surface area contributed by atoms with Crippen LogP contribution in [0.4, 0.5) is 0 Å². The molecule has 2 heterocycles. The first kappa shape index (κ1) is 24.2. The Balaban J connectivity index is 0.00000280. The fraction of sp³-hybridized carbons (Fsp3) is 0.722. The number of sulfonamides is 1. The molecular formula is C18H31IN4O2S3. The van der Waals surface area contributed by atoms with Crippen LogP contribution in [0, 0.1) is 0 Å². The van der Waals surface area contributed by atoms with Gasteiger partial charge in [-0.25, -0.2) is 8.42 Å². The number of aliphatic imine (C=N–C) groups is 1. The normalized spacial score (nSPS) is 24.0. The lowest BCUT2D eigenvalue weighted by Gasteiger charge is -2.25. The Labute approximate surface area is 194 Å². The van der Waals surface area contributed by atoms with E-state index in [0.717, 1.165) is 35.3 Å². The number of rotatable bonds is 6. The molecule has 2 N–H and O–H groups in total. The number of nitrogens with zero attached hydrogens (tertiary/aromatic N) is 2.